The first-order chi connectivity index (χ1) is 12.8. The van der Waals surface area contributed by atoms with Crippen LogP contribution in [0.15, 0.2) is 78.9 Å². The highest BCUT2D eigenvalue weighted by Gasteiger charge is 2.53. The molecule has 0 saturated heterocycles. The Morgan fingerprint density at radius 2 is 1.65 bits per heavy atom. The van der Waals surface area contributed by atoms with E-state index in [2.05, 4.69) is 65.4 Å². The molecule has 0 radical (unpaired) electrons. The van der Waals surface area contributed by atoms with Gasteiger partial charge in [-0.1, -0.05) is 66.7 Å². The minimum atomic E-state index is -2.05. The number of hydrogen-bond donors (Lipinski definition) is 0. The van der Waals surface area contributed by atoms with E-state index in [9.17, 15) is 0 Å². The maximum atomic E-state index is 6.32. The number of nitrogens with zero attached hydrogens (tertiary/aromatic N) is 1. The lowest BCUT2D eigenvalue weighted by Crippen LogP contribution is -2.49. The molecule has 0 fully saturated rings. The summed E-state index contributed by atoms with van der Waals surface area (Å²) in [4.78, 5) is 0. The van der Waals surface area contributed by atoms with Crippen molar-refractivity contribution in [1.82, 2.24) is 0 Å². The fourth-order valence-corrected chi connectivity index (χ4v) is 5.64. The van der Waals surface area contributed by atoms with Gasteiger partial charge in [-0.2, -0.15) is 0 Å². The summed E-state index contributed by atoms with van der Waals surface area (Å²) in [6.07, 6.45) is 4.39. The summed E-state index contributed by atoms with van der Waals surface area (Å²) in [7, 11) is 0. The highest BCUT2D eigenvalue weighted by molar-refractivity contribution is 6.54. The molecule has 5 rings (SSSR count). The number of benzene rings is 3. The molecule has 3 nitrogen and oxygen atoms in total. The van der Waals surface area contributed by atoms with Crippen molar-refractivity contribution in [1.29, 1.82) is 0 Å². The average Bonchev–Trinajstić information content (AvgIpc) is 3.06. The molecule has 0 N–H and O–H groups in total. The lowest BCUT2D eigenvalue weighted by Gasteiger charge is -2.29. The van der Waals surface area contributed by atoms with Gasteiger partial charge in [-0.15, -0.1) is 0 Å². The Morgan fingerprint density at radius 3 is 2.46 bits per heavy atom. The van der Waals surface area contributed by atoms with Crippen molar-refractivity contribution >= 4 is 26.8 Å². The molecule has 0 aromatic heterocycles. The Bertz CT molecular complexity index is 969. The zero-order valence-corrected chi connectivity index (χ0v) is 15.7. The molecule has 1 unspecified atom stereocenters. The Labute approximate surface area is 158 Å². The Kier molecular flexibility index (Phi) is 3.74. The van der Waals surface area contributed by atoms with Gasteiger partial charge in [0, 0.05) is 6.04 Å². The second-order valence-corrected chi connectivity index (χ2v) is 8.28. The van der Waals surface area contributed by atoms with E-state index < -0.39 is 15.0 Å². The van der Waals surface area contributed by atoms with Crippen LogP contribution in [-0.2, 0) is 0 Å². The molecule has 3 aromatic rings. The van der Waals surface area contributed by atoms with Crippen molar-refractivity contribution in [2.45, 2.75) is 13.0 Å². The normalized spacial score (nSPS) is 17.0. The first-order valence-corrected chi connectivity index (χ1v) is 10.3. The molecule has 126 valence electrons. The summed E-state index contributed by atoms with van der Waals surface area (Å²) >= 11 is -2.05. The van der Waals surface area contributed by atoms with Gasteiger partial charge in [0.05, 0.1) is 11.4 Å². The monoisotopic (exact) mass is 355 g/mol. The molecular formula is C22H18AlNO2. The van der Waals surface area contributed by atoms with Gasteiger partial charge in [-0.25, -0.2) is 0 Å². The summed E-state index contributed by atoms with van der Waals surface area (Å²) in [5.41, 5.74) is 4.78. The van der Waals surface area contributed by atoms with Crippen molar-refractivity contribution in [3.05, 3.63) is 84.4 Å². The second kappa shape index (κ2) is 6.25. The molecule has 26 heavy (non-hydrogen) atoms. The van der Waals surface area contributed by atoms with Crippen LogP contribution in [0.1, 0.15) is 12.5 Å². The molecule has 0 spiro atoms. The molecule has 2 heterocycles. The summed E-state index contributed by atoms with van der Waals surface area (Å²) in [5.74, 6) is 1.80. The van der Waals surface area contributed by atoms with Crippen LogP contribution in [0.3, 0.4) is 0 Å². The number of anilines is 1. The van der Waals surface area contributed by atoms with Gasteiger partial charge in [0.15, 0.2) is 0 Å². The molecule has 3 aromatic carbocycles. The van der Waals surface area contributed by atoms with Crippen molar-refractivity contribution in [2.75, 3.05) is 3.88 Å². The lowest BCUT2D eigenvalue weighted by atomic mass is 10.1. The highest BCUT2D eigenvalue weighted by atomic mass is 27.2. The maximum absolute atomic E-state index is 6.32. The second-order valence-electron chi connectivity index (χ2n) is 6.63. The van der Waals surface area contributed by atoms with Crippen LogP contribution in [0.5, 0.6) is 11.5 Å². The van der Waals surface area contributed by atoms with Gasteiger partial charge in [0.25, 0.3) is 0 Å². The Balaban J connectivity index is 1.40. The standard InChI is InChI=1S/C12H10O.C10H10NO.Al/c13-12-8-6-11(7-9-12)10-4-2-1-3-5-10;1-7-5-6-8-3-2-4-9(12)10(8)11-7;/h1-9,13H;2-7,12H,1H3;/q;-1;+3/p-2. The van der Waals surface area contributed by atoms with Crippen LogP contribution < -0.4 is 11.5 Å². The zero-order chi connectivity index (χ0) is 17.5. The van der Waals surface area contributed by atoms with Crippen LogP contribution in [0.25, 0.3) is 17.2 Å². The minimum Gasteiger partial charge on any atom is -0.594 e. The first-order valence-electron chi connectivity index (χ1n) is 8.88. The fraction of sp³-hybridized carbons (Fsp3) is 0.0909. The average molecular weight is 355 g/mol. The van der Waals surface area contributed by atoms with Gasteiger partial charge in [-0.3, -0.25) is 0 Å². The van der Waals surface area contributed by atoms with E-state index in [-0.39, 0.29) is 6.04 Å². The number of hydrogen-bond acceptors (Lipinski definition) is 3. The Hall–Kier alpha value is -2.67. The van der Waals surface area contributed by atoms with E-state index in [4.69, 9.17) is 7.58 Å². The van der Waals surface area contributed by atoms with Crippen LogP contribution in [0.4, 0.5) is 5.69 Å². The molecule has 2 aliphatic rings. The topological polar surface area (TPSA) is 21.7 Å². The van der Waals surface area contributed by atoms with Crippen molar-refractivity contribution in [3.63, 3.8) is 0 Å². The van der Waals surface area contributed by atoms with E-state index in [1.807, 2.05) is 30.3 Å². The number of para-hydroxylation sites is 1. The van der Waals surface area contributed by atoms with Gasteiger partial charge in [-0.05, 0) is 41.8 Å². The van der Waals surface area contributed by atoms with Crippen molar-refractivity contribution in [2.24, 2.45) is 0 Å². The third kappa shape index (κ3) is 2.59. The SMILES string of the molecule is CC1C=Cc2cccc3c2[N]1[Al]([O]c1ccc(-c2ccccc2)cc1)[O]3. The van der Waals surface area contributed by atoms with Gasteiger partial charge in [0.1, 0.15) is 5.75 Å². The lowest BCUT2D eigenvalue weighted by molar-refractivity contribution is 0.432. The van der Waals surface area contributed by atoms with Crippen LogP contribution >= 0.6 is 0 Å². The fourth-order valence-electron chi connectivity index (χ4n) is 3.60. The molecule has 4 heteroatoms. The predicted molar refractivity (Wildman–Crippen MR) is 106 cm³/mol. The van der Waals surface area contributed by atoms with E-state index in [0.717, 1.165) is 11.5 Å². The molecule has 0 bridgehead atoms. The van der Waals surface area contributed by atoms with Gasteiger partial charge < -0.3 is 11.5 Å². The molecule has 0 aliphatic carbocycles. The highest BCUT2D eigenvalue weighted by Crippen LogP contribution is 2.43. The number of rotatable bonds is 3. The molecule has 1 atom stereocenters. The smallest absolute Gasteiger partial charge is 0.594 e. The van der Waals surface area contributed by atoms with Gasteiger partial charge in [0.2, 0.25) is 0 Å². The van der Waals surface area contributed by atoms with E-state index in [1.54, 1.807) is 0 Å². The van der Waals surface area contributed by atoms with Crippen LogP contribution in [0, 0.1) is 0 Å². The minimum absolute atomic E-state index is 0.284. The summed E-state index contributed by atoms with van der Waals surface area (Å²) < 4.78 is 14.9. The van der Waals surface area contributed by atoms with Crippen molar-refractivity contribution < 1.29 is 7.58 Å². The van der Waals surface area contributed by atoms with E-state index in [0.29, 0.717) is 0 Å². The van der Waals surface area contributed by atoms with Crippen molar-refractivity contribution in [3.8, 4) is 22.6 Å². The quantitative estimate of drug-likeness (QED) is 0.615. The van der Waals surface area contributed by atoms with Crippen LogP contribution in [-0.4, -0.2) is 21.1 Å². The summed E-state index contributed by atoms with van der Waals surface area (Å²) in [6.45, 7) is 2.19. The largest absolute Gasteiger partial charge is 1.04 e. The van der Waals surface area contributed by atoms with Crippen LogP contribution in [0.2, 0.25) is 0 Å². The molecule has 0 saturated carbocycles. The van der Waals surface area contributed by atoms with Gasteiger partial charge >= 0.3 is 15.0 Å². The predicted octanol–water partition coefficient (Wildman–Crippen LogP) is 5.03. The zero-order valence-electron chi connectivity index (χ0n) is 14.5. The first kappa shape index (κ1) is 15.6. The summed E-state index contributed by atoms with van der Waals surface area (Å²) in [5, 5.41) is 0. The summed E-state index contributed by atoms with van der Waals surface area (Å²) in [6, 6.07) is 25.1. The molecule has 2 aliphatic heterocycles. The molecule has 0 amide bonds. The van der Waals surface area contributed by atoms with E-state index in [1.165, 1.54) is 22.4 Å². The van der Waals surface area contributed by atoms with E-state index >= 15 is 0 Å². The maximum Gasteiger partial charge on any atom is 1.04 e. The third-order valence-electron chi connectivity index (χ3n) is 4.93. The molecular weight excluding hydrogens is 337 g/mol. The third-order valence-corrected chi connectivity index (χ3v) is 7.05. The Morgan fingerprint density at radius 1 is 0.885 bits per heavy atom.